The minimum Gasteiger partial charge on any atom is -0.276 e. The highest BCUT2D eigenvalue weighted by atomic mass is 79.9. The number of nitrogens with zero attached hydrogens (tertiary/aromatic N) is 2. The third kappa shape index (κ3) is 3.68. The highest BCUT2D eigenvalue weighted by Gasteiger charge is 2.40. The second-order valence-corrected chi connectivity index (χ2v) is 6.92. The van der Waals surface area contributed by atoms with Gasteiger partial charge in [-0.1, -0.05) is 23.7 Å². The minimum atomic E-state index is -1.21. The van der Waals surface area contributed by atoms with Crippen molar-refractivity contribution in [3.8, 4) is 0 Å². The molecule has 3 rings (SSSR count). The first kappa shape index (κ1) is 18.3. The van der Waals surface area contributed by atoms with Crippen molar-refractivity contribution >= 4 is 63.0 Å². The van der Waals surface area contributed by atoms with Crippen molar-refractivity contribution in [3.05, 3.63) is 57.5 Å². The molecule has 8 heteroatoms. The Morgan fingerprint density at radius 2 is 1.96 bits per heavy atom. The molecule has 1 aliphatic rings. The van der Waals surface area contributed by atoms with Gasteiger partial charge in [-0.15, -0.1) is 0 Å². The van der Waals surface area contributed by atoms with Crippen molar-refractivity contribution in [2.75, 3.05) is 4.90 Å². The number of barbiturate groups is 1. The topological polar surface area (TPSA) is 78.8 Å². The summed E-state index contributed by atoms with van der Waals surface area (Å²) in [6.07, 6.45) is 1.21. The quantitative estimate of drug-likeness (QED) is 0.585. The maximum absolute atomic E-state index is 12.7. The number of urea groups is 1. The summed E-state index contributed by atoms with van der Waals surface area (Å²) in [5.74, 6) is -2.58. The first-order valence-corrected chi connectivity index (χ1v) is 8.78. The SMILES string of the molecule is Cc1cccc(N2C(=O)NC(=O)[C@H](C=Nc3ccc(Br)c(Cl)c3)C2=O)c1. The van der Waals surface area contributed by atoms with E-state index in [9.17, 15) is 14.4 Å². The van der Waals surface area contributed by atoms with Gasteiger partial charge in [0.25, 0.3) is 5.91 Å². The van der Waals surface area contributed by atoms with Crippen LogP contribution in [0.4, 0.5) is 16.2 Å². The van der Waals surface area contributed by atoms with Crippen molar-refractivity contribution in [1.82, 2.24) is 5.32 Å². The number of halogens is 2. The zero-order valence-electron chi connectivity index (χ0n) is 13.6. The maximum atomic E-state index is 12.7. The van der Waals surface area contributed by atoms with Crippen LogP contribution in [0.15, 0.2) is 51.9 Å². The summed E-state index contributed by atoms with van der Waals surface area (Å²) >= 11 is 9.29. The summed E-state index contributed by atoms with van der Waals surface area (Å²) in [6, 6.07) is 11.1. The molecule has 0 radical (unpaired) electrons. The number of hydrogen-bond acceptors (Lipinski definition) is 4. The van der Waals surface area contributed by atoms with Gasteiger partial charge in [-0.25, -0.2) is 9.69 Å². The molecule has 1 saturated heterocycles. The smallest absolute Gasteiger partial charge is 0.276 e. The van der Waals surface area contributed by atoms with Crippen LogP contribution in [0.1, 0.15) is 5.56 Å². The average molecular weight is 435 g/mol. The number of aliphatic imine (C=N–C) groups is 1. The molecule has 132 valence electrons. The molecule has 1 N–H and O–H groups in total. The van der Waals surface area contributed by atoms with Gasteiger partial charge in [-0.05, 0) is 58.7 Å². The fourth-order valence-electron chi connectivity index (χ4n) is 2.46. The van der Waals surface area contributed by atoms with Crippen molar-refractivity contribution in [2.45, 2.75) is 6.92 Å². The number of hydrogen-bond donors (Lipinski definition) is 1. The normalized spacial score (nSPS) is 17.7. The zero-order chi connectivity index (χ0) is 18.8. The average Bonchev–Trinajstić information content (AvgIpc) is 2.57. The summed E-state index contributed by atoms with van der Waals surface area (Å²) in [7, 11) is 0. The van der Waals surface area contributed by atoms with Crippen LogP contribution in [0, 0.1) is 12.8 Å². The molecule has 1 heterocycles. The molecule has 0 bridgehead atoms. The van der Waals surface area contributed by atoms with E-state index in [0.717, 1.165) is 10.5 Å². The third-order valence-corrected chi connectivity index (χ3v) is 4.97. The van der Waals surface area contributed by atoms with Crippen LogP contribution in [0.25, 0.3) is 0 Å². The largest absolute Gasteiger partial charge is 0.335 e. The molecular weight excluding hydrogens is 422 g/mol. The maximum Gasteiger partial charge on any atom is 0.335 e. The van der Waals surface area contributed by atoms with Crippen LogP contribution >= 0.6 is 27.5 Å². The number of rotatable bonds is 3. The number of amides is 4. The van der Waals surface area contributed by atoms with Gasteiger partial charge in [0.05, 0.1) is 16.4 Å². The molecule has 6 nitrogen and oxygen atoms in total. The van der Waals surface area contributed by atoms with Crippen molar-refractivity contribution in [1.29, 1.82) is 0 Å². The van der Waals surface area contributed by atoms with Gasteiger partial charge in [0.15, 0.2) is 5.92 Å². The van der Waals surface area contributed by atoms with Crippen LogP contribution in [0.2, 0.25) is 5.02 Å². The summed E-state index contributed by atoms with van der Waals surface area (Å²) in [5.41, 5.74) is 1.76. The molecule has 0 aliphatic carbocycles. The Morgan fingerprint density at radius 3 is 2.65 bits per heavy atom. The lowest BCUT2D eigenvalue weighted by Gasteiger charge is -2.28. The molecule has 1 atom stereocenters. The number of anilines is 1. The molecule has 0 unspecified atom stereocenters. The second-order valence-electron chi connectivity index (χ2n) is 5.66. The number of nitrogens with one attached hydrogen (secondary N) is 1. The van der Waals surface area contributed by atoms with E-state index in [0.29, 0.717) is 20.9 Å². The number of imide groups is 2. The number of carbonyl (C=O) groups is 3. The van der Waals surface area contributed by atoms with Crippen LogP contribution in [0.3, 0.4) is 0 Å². The van der Waals surface area contributed by atoms with E-state index in [1.165, 1.54) is 6.21 Å². The highest BCUT2D eigenvalue weighted by Crippen LogP contribution is 2.27. The summed E-state index contributed by atoms with van der Waals surface area (Å²) in [4.78, 5) is 42.0. The monoisotopic (exact) mass is 433 g/mol. The van der Waals surface area contributed by atoms with E-state index < -0.39 is 23.8 Å². The van der Waals surface area contributed by atoms with E-state index in [1.54, 1.807) is 36.4 Å². The Hall–Kier alpha value is -2.51. The fraction of sp³-hybridized carbons (Fsp3) is 0.111. The minimum absolute atomic E-state index is 0.394. The summed E-state index contributed by atoms with van der Waals surface area (Å²) in [5, 5.41) is 2.64. The van der Waals surface area contributed by atoms with Gasteiger partial charge in [0.1, 0.15) is 0 Å². The molecule has 2 aromatic carbocycles. The number of carbonyl (C=O) groups excluding carboxylic acids is 3. The molecule has 0 saturated carbocycles. The van der Waals surface area contributed by atoms with Gasteiger partial charge >= 0.3 is 6.03 Å². The standard InChI is InChI=1S/C18H13BrClN3O3/c1-10-3-2-4-12(7-10)23-17(25)13(16(24)22-18(23)26)9-21-11-5-6-14(19)15(20)8-11/h2-9,13H,1H3,(H,22,24,26)/t13-/m0/s1. The first-order chi connectivity index (χ1) is 12.4. The molecule has 0 aromatic heterocycles. The van der Waals surface area contributed by atoms with E-state index >= 15 is 0 Å². The van der Waals surface area contributed by atoms with Gasteiger partial charge in [0.2, 0.25) is 5.91 Å². The fourth-order valence-corrected chi connectivity index (χ4v) is 2.88. The molecule has 4 amide bonds. The third-order valence-electron chi connectivity index (χ3n) is 3.74. The van der Waals surface area contributed by atoms with E-state index in [4.69, 9.17) is 11.6 Å². The predicted molar refractivity (Wildman–Crippen MR) is 103 cm³/mol. The number of aryl methyl sites for hydroxylation is 1. The lowest BCUT2D eigenvalue weighted by molar-refractivity contribution is -0.131. The molecular formula is C18H13BrClN3O3. The molecule has 0 spiro atoms. The first-order valence-electron chi connectivity index (χ1n) is 7.61. The molecule has 26 heavy (non-hydrogen) atoms. The highest BCUT2D eigenvalue weighted by molar-refractivity contribution is 9.10. The Balaban J connectivity index is 1.90. The predicted octanol–water partition coefficient (Wildman–Crippen LogP) is 4.01. The van der Waals surface area contributed by atoms with E-state index in [-0.39, 0.29) is 0 Å². The Bertz CT molecular complexity index is 945. The molecule has 1 aliphatic heterocycles. The van der Waals surface area contributed by atoms with Crippen LogP contribution < -0.4 is 10.2 Å². The van der Waals surface area contributed by atoms with Crippen LogP contribution in [-0.2, 0) is 9.59 Å². The van der Waals surface area contributed by atoms with Crippen molar-refractivity contribution < 1.29 is 14.4 Å². The summed E-state index contributed by atoms with van der Waals surface area (Å²) in [6.45, 7) is 1.84. The lowest BCUT2D eigenvalue weighted by Crippen LogP contribution is -2.58. The van der Waals surface area contributed by atoms with Gasteiger partial charge in [-0.2, -0.15) is 0 Å². The zero-order valence-corrected chi connectivity index (χ0v) is 15.9. The number of benzene rings is 2. The van der Waals surface area contributed by atoms with Crippen LogP contribution in [0.5, 0.6) is 0 Å². The van der Waals surface area contributed by atoms with Crippen molar-refractivity contribution in [2.24, 2.45) is 10.9 Å². The van der Waals surface area contributed by atoms with Crippen molar-refractivity contribution in [3.63, 3.8) is 0 Å². The lowest BCUT2D eigenvalue weighted by atomic mass is 10.1. The van der Waals surface area contributed by atoms with E-state index in [2.05, 4.69) is 26.2 Å². The Labute approximate surface area is 163 Å². The van der Waals surface area contributed by atoms with Gasteiger partial charge < -0.3 is 0 Å². The summed E-state index contributed by atoms with van der Waals surface area (Å²) < 4.78 is 0.709. The van der Waals surface area contributed by atoms with Gasteiger partial charge in [0, 0.05) is 10.7 Å². The van der Waals surface area contributed by atoms with E-state index in [1.807, 2.05) is 13.0 Å². The molecule has 2 aromatic rings. The second kappa shape index (κ2) is 7.39. The van der Waals surface area contributed by atoms with Crippen LogP contribution in [-0.4, -0.2) is 24.1 Å². The Morgan fingerprint density at radius 1 is 1.19 bits per heavy atom. The van der Waals surface area contributed by atoms with Gasteiger partial charge in [-0.3, -0.25) is 19.9 Å². The Kier molecular flexibility index (Phi) is 5.20. The molecule has 1 fully saturated rings.